The molecule has 0 N–H and O–H groups in total. The van der Waals surface area contributed by atoms with Gasteiger partial charge in [0.05, 0.1) is 12.2 Å². The van der Waals surface area contributed by atoms with Crippen molar-refractivity contribution in [1.29, 1.82) is 0 Å². The highest BCUT2D eigenvalue weighted by Gasteiger charge is 2.04. The maximum Gasteiger partial charge on any atom is 0.306 e. The molecule has 4 heteroatoms. The van der Waals surface area contributed by atoms with Crippen LogP contribution in [0.25, 0.3) is 0 Å². The molecule has 0 aromatic rings. The fourth-order valence-electron chi connectivity index (χ4n) is 4.02. The predicted octanol–water partition coefficient (Wildman–Crippen LogP) is 10.1. The van der Waals surface area contributed by atoms with E-state index in [-0.39, 0.29) is 24.1 Å². The molecule has 35 heavy (non-hydrogen) atoms. The monoisotopic (exact) mass is 498 g/mol. The van der Waals surface area contributed by atoms with E-state index >= 15 is 0 Å². The summed E-state index contributed by atoms with van der Waals surface area (Å²) in [5.41, 5.74) is 0. The predicted molar refractivity (Wildman–Crippen MR) is 151 cm³/mol. The molecular weight excluding hydrogens is 436 g/mol. The average molecular weight is 499 g/mol. The van der Waals surface area contributed by atoms with Gasteiger partial charge in [-0.15, -0.1) is 0 Å². The third-order valence-corrected chi connectivity index (χ3v) is 6.01. The first-order valence-electron chi connectivity index (χ1n) is 15.2. The third-order valence-electron chi connectivity index (χ3n) is 6.01. The average Bonchev–Trinajstić information content (AvgIpc) is 2.80. The van der Waals surface area contributed by atoms with Crippen LogP contribution in [0.15, 0.2) is 0 Å². The Morgan fingerprint density at radius 1 is 0.457 bits per heavy atom. The minimum Gasteiger partial charge on any atom is -0.463 e. The second-order valence-corrected chi connectivity index (χ2v) is 10.5. The topological polar surface area (TPSA) is 52.6 Å². The molecule has 0 aromatic carbocycles. The number of rotatable bonds is 23. The Bertz CT molecular complexity index is 445. The van der Waals surface area contributed by atoms with Crippen LogP contribution in [0, 0.1) is 0 Å². The molecule has 0 unspecified atom stereocenters. The number of carbonyl (C=O) groups is 2. The van der Waals surface area contributed by atoms with Crippen LogP contribution in [0.4, 0.5) is 0 Å². The van der Waals surface area contributed by atoms with Crippen LogP contribution in [0.2, 0.25) is 0 Å². The minimum atomic E-state index is -0.125. The molecule has 0 saturated carbocycles. The highest BCUT2D eigenvalue weighted by Crippen LogP contribution is 2.15. The van der Waals surface area contributed by atoms with Gasteiger partial charge in [-0.2, -0.15) is 0 Å². The Kier molecular flexibility index (Phi) is 30.1. The Hall–Kier alpha value is -1.06. The molecule has 0 aliphatic rings. The SMILES string of the molecule is CCC(=O)OC(C)C.CCCCCCCCCCCCCCCCCCCCCC(=O)OC(C)C. The summed E-state index contributed by atoms with van der Waals surface area (Å²) >= 11 is 0. The fourth-order valence-corrected chi connectivity index (χ4v) is 4.02. The standard InChI is InChI=1S/C25H50O2.C6H12O2/c1-4-5-6-7-8-9-10-11-12-13-14-15-16-17-18-19-20-21-22-23-25(26)27-24(2)3;1-4-6(7)8-5(2)3/h24H,4-23H2,1-3H3;5H,4H2,1-3H3. The van der Waals surface area contributed by atoms with Crippen LogP contribution >= 0.6 is 0 Å². The van der Waals surface area contributed by atoms with E-state index in [1.54, 1.807) is 6.92 Å². The second kappa shape index (κ2) is 29.2. The summed E-state index contributed by atoms with van der Waals surface area (Å²) < 4.78 is 9.91. The van der Waals surface area contributed by atoms with Gasteiger partial charge in [0, 0.05) is 12.8 Å². The van der Waals surface area contributed by atoms with E-state index in [0.717, 1.165) is 6.42 Å². The van der Waals surface area contributed by atoms with Crippen molar-refractivity contribution in [3.8, 4) is 0 Å². The zero-order valence-electron chi connectivity index (χ0n) is 24.6. The summed E-state index contributed by atoms with van der Waals surface area (Å²) in [4.78, 5) is 21.8. The van der Waals surface area contributed by atoms with Crippen LogP contribution in [0.5, 0.6) is 0 Å². The van der Waals surface area contributed by atoms with E-state index in [2.05, 4.69) is 6.92 Å². The summed E-state index contributed by atoms with van der Waals surface area (Å²) in [5, 5.41) is 0. The van der Waals surface area contributed by atoms with Gasteiger partial charge in [-0.3, -0.25) is 9.59 Å². The minimum absolute atomic E-state index is 0.0258. The van der Waals surface area contributed by atoms with Gasteiger partial charge < -0.3 is 9.47 Å². The van der Waals surface area contributed by atoms with Crippen LogP contribution in [-0.4, -0.2) is 24.1 Å². The van der Waals surface area contributed by atoms with Gasteiger partial charge in [0.15, 0.2) is 0 Å². The molecule has 0 aliphatic carbocycles. The maximum atomic E-state index is 11.4. The second-order valence-electron chi connectivity index (χ2n) is 10.5. The highest BCUT2D eigenvalue weighted by molar-refractivity contribution is 5.69. The lowest BCUT2D eigenvalue weighted by Crippen LogP contribution is -2.10. The summed E-state index contributed by atoms with van der Waals surface area (Å²) in [6.45, 7) is 11.6. The number of hydrogen-bond donors (Lipinski definition) is 0. The largest absolute Gasteiger partial charge is 0.463 e. The van der Waals surface area contributed by atoms with Crippen molar-refractivity contribution in [3.63, 3.8) is 0 Å². The van der Waals surface area contributed by atoms with E-state index in [1.165, 1.54) is 116 Å². The van der Waals surface area contributed by atoms with Crippen molar-refractivity contribution < 1.29 is 19.1 Å². The first kappa shape index (κ1) is 36.1. The van der Waals surface area contributed by atoms with E-state index < -0.39 is 0 Å². The first-order chi connectivity index (χ1) is 16.8. The lowest BCUT2D eigenvalue weighted by atomic mass is 10.0. The Morgan fingerprint density at radius 3 is 1.00 bits per heavy atom. The number of esters is 2. The number of hydrogen-bond acceptors (Lipinski definition) is 4. The lowest BCUT2D eigenvalue weighted by molar-refractivity contribution is -0.148. The van der Waals surface area contributed by atoms with Gasteiger partial charge in [-0.25, -0.2) is 0 Å². The van der Waals surface area contributed by atoms with Crippen molar-refractivity contribution in [2.45, 2.75) is 189 Å². The van der Waals surface area contributed by atoms with Crippen LogP contribution in [-0.2, 0) is 19.1 Å². The lowest BCUT2D eigenvalue weighted by Gasteiger charge is -2.07. The third kappa shape index (κ3) is 35.2. The molecule has 0 saturated heterocycles. The zero-order chi connectivity index (χ0) is 26.6. The summed E-state index contributed by atoms with van der Waals surface area (Å²) in [7, 11) is 0. The van der Waals surface area contributed by atoms with Gasteiger partial charge in [0.1, 0.15) is 0 Å². The molecule has 0 spiro atoms. The van der Waals surface area contributed by atoms with E-state index in [4.69, 9.17) is 9.47 Å². The van der Waals surface area contributed by atoms with Gasteiger partial charge in [-0.1, -0.05) is 129 Å². The van der Waals surface area contributed by atoms with Crippen molar-refractivity contribution in [1.82, 2.24) is 0 Å². The van der Waals surface area contributed by atoms with Crippen molar-refractivity contribution in [2.75, 3.05) is 0 Å². The van der Waals surface area contributed by atoms with E-state index in [1.807, 2.05) is 27.7 Å². The Labute approximate surface area is 219 Å². The zero-order valence-corrected chi connectivity index (χ0v) is 24.6. The molecule has 4 nitrogen and oxygen atoms in total. The Balaban J connectivity index is 0. The smallest absolute Gasteiger partial charge is 0.306 e. The van der Waals surface area contributed by atoms with E-state index in [0.29, 0.717) is 12.8 Å². The van der Waals surface area contributed by atoms with E-state index in [9.17, 15) is 9.59 Å². The molecule has 0 rings (SSSR count). The molecule has 0 heterocycles. The molecule has 210 valence electrons. The normalized spacial score (nSPS) is 10.9. The number of carbonyl (C=O) groups excluding carboxylic acids is 2. The highest BCUT2D eigenvalue weighted by atomic mass is 16.5. The molecule has 0 aliphatic heterocycles. The summed E-state index contributed by atoms with van der Waals surface area (Å²) in [5.74, 6) is -0.156. The Morgan fingerprint density at radius 2 is 0.743 bits per heavy atom. The molecule has 0 bridgehead atoms. The summed E-state index contributed by atoms with van der Waals surface area (Å²) in [6, 6.07) is 0. The molecule has 0 amide bonds. The molecule has 0 radical (unpaired) electrons. The van der Waals surface area contributed by atoms with Crippen molar-refractivity contribution >= 4 is 11.9 Å². The maximum absolute atomic E-state index is 11.4. The van der Waals surface area contributed by atoms with Crippen LogP contribution in [0.1, 0.15) is 176 Å². The van der Waals surface area contributed by atoms with Gasteiger partial charge in [0.2, 0.25) is 0 Å². The molecule has 0 fully saturated rings. The van der Waals surface area contributed by atoms with Crippen molar-refractivity contribution in [3.05, 3.63) is 0 Å². The molecular formula is C31H62O4. The van der Waals surface area contributed by atoms with Crippen molar-refractivity contribution in [2.24, 2.45) is 0 Å². The van der Waals surface area contributed by atoms with Crippen LogP contribution < -0.4 is 0 Å². The summed E-state index contributed by atoms with van der Waals surface area (Å²) in [6.07, 6.45) is 27.4. The molecule has 0 atom stereocenters. The van der Waals surface area contributed by atoms with Gasteiger partial charge in [0.25, 0.3) is 0 Å². The van der Waals surface area contributed by atoms with Gasteiger partial charge >= 0.3 is 11.9 Å². The first-order valence-corrected chi connectivity index (χ1v) is 15.2. The van der Waals surface area contributed by atoms with Crippen LogP contribution in [0.3, 0.4) is 0 Å². The quantitative estimate of drug-likeness (QED) is 0.104. The van der Waals surface area contributed by atoms with Gasteiger partial charge in [-0.05, 0) is 34.1 Å². The molecule has 0 aromatic heterocycles. The number of ether oxygens (including phenoxy) is 2. The fraction of sp³-hybridized carbons (Fsp3) is 0.935. The number of unbranched alkanes of at least 4 members (excludes halogenated alkanes) is 18.